The Morgan fingerprint density at radius 3 is 2.25 bits per heavy atom. The summed E-state index contributed by atoms with van der Waals surface area (Å²) in [6, 6.07) is 7.92. The van der Waals surface area contributed by atoms with Crippen LogP contribution in [0.1, 0.15) is 13.8 Å². The highest BCUT2D eigenvalue weighted by Gasteiger charge is 2.27. The van der Waals surface area contributed by atoms with Crippen LogP contribution in [0.3, 0.4) is 0 Å². The van der Waals surface area contributed by atoms with Crippen molar-refractivity contribution in [1.29, 1.82) is 0 Å². The lowest BCUT2D eigenvalue weighted by Crippen LogP contribution is -2.54. The third-order valence-electron chi connectivity index (χ3n) is 3.52. The summed E-state index contributed by atoms with van der Waals surface area (Å²) >= 11 is 0. The summed E-state index contributed by atoms with van der Waals surface area (Å²) < 4.78 is 26.1. The molecule has 0 radical (unpaired) electrons. The van der Waals surface area contributed by atoms with Crippen LogP contribution in [0.25, 0.3) is 0 Å². The van der Waals surface area contributed by atoms with Crippen LogP contribution in [0.4, 0.5) is 5.69 Å². The van der Waals surface area contributed by atoms with Crippen molar-refractivity contribution in [2.24, 2.45) is 0 Å². The molecule has 1 aromatic carbocycles. The van der Waals surface area contributed by atoms with Gasteiger partial charge in [-0.2, -0.15) is 0 Å². The van der Waals surface area contributed by atoms with Gasteiger partial charge in [0, 0.05) is 39.3 Å². The molecule has 2 rings (SSSR count). The van der Waals surface area contributed by atoms with Crippen molar-refractivity contribution in [3.63, 3.8) is 0 Å². The minimum atomic E-state index is -3.42. The molecule has 0 bridgehead atoms. The molecule has 1 aromatic rings. The van der Waals surface area contributed by atoms with E-state index in [0.717, 1.165) is 18.8 Å². The molecule has 5 nitrogen and oxygen atoms in total. The molecule has 2 atom stereocenters. The van der Waals surface area contributed by atoms with E-state index >= 15 is 0 Å². The number of nitrogens with one attached hydrogen (secondary N) is 1. The van der Waals surface area contributed by atoms with Crippen LogP contribution in [-0.2, 0) is 10.0 Å². The largest absolute Gasteiger partial charge is 0.367 e. The predicted molar refractivity (Wildman–Crippen MR) is 81.6 cm³/mol. The van der Waals surface area contributed by atoms with Gasteiger partial charge in [-0.25, -0.2) is 12.7 Å². The van der Waals surface area contributed by atoms with Crippen molar-refractivity contribution in [3.8, 4) is 0 Å². The van der Waals surface area contributed by atoms with E-state index in [1.807, 2.05) is 12.1 Å². The second kappa shape index (κ2) is 5.71. The Bertz CT molecular complexity index is 562. The molecule has 112 valence electrons. The smallest absolute Gasteiger partial charge is 0.244 e. The zero-order valence-electron chi connectivity index (χ0n) is 12.5. The molecule has 1 aliphatic rings. The Morgan fingerprint density at radius 2 is 1.70 bits per heavy atom. The number of rotatable bonds is 3. The zero-order valence-corrected chi connectivity index (χ0v) is 13.3. The average Bonchev–Trinajstić information content (AvgIpc) is 2.37. The minimum Gasteiger partial charge on any atom is -0.367 e. The predicted octanol–water partition coefficient (Wildman–Crippen LogP) is 1.12. The first kappa shape index (κ1) is 15.3. The molecular formula is C14H23N3O2S. The first-order valence-electron chi connectivity index (χ1n) is 6.85. The van der Waals surface area contributed by atoms with Gasteiger partial charge >= 0.3 is 0 Å². The van der Waals surface area contributed by atoms with Crippen molar-refractivity contribution < 1.29 is 8.42 Å². The molecule has 1 N–H and O–H groups in total. The van der Waals surface area contributed by atoms with Crippen LogP contribution in [-0.4, -0.2) is 52.0 Å². The van der Waals surface area contributed by atoms with E-state index in [2.05, 4.69) is 24.1 Å². The third-order valence-corrected chi connectivity index (χ3v) is 5.38. The molecule has 1 fully saturated rings. The van der Waals surface area contributed by atoms with E-state index in [4.69, 9.17) is 0 Å². The van der Waals surface area contributed by atoms with Crippen LogP contribution >= 0.6 is 0 Å². The quantitative estimate of drug-likeness (QED) is 0.908. The van der Waals surface area contributed by atoms with Gasteiger partial charge in [0.15, 0.2) is 0 Å². The normalized spacial score (nSPS) is 24.1. The summed E-state index contributed by atoms with van der Waals surface area (Å²) in [7, 11) is -0.291. The Morgan fingerprint density at radius 1 is 1.15 bits per heavy atom. The van der Waals surface area contributed by atoms with Gasteiger partial charge in [0.2, 0.25) is 10.0 Å². The Labute approximate surface area is 121 Å². The summed E-state index contributed by atoms with van der Waals surface area (Å²) in [4.78, 5) is 2.54. The maximum absolute atomic E-state index is 12.4. The third kappa shape index (κ3) is 2.97. The van der Waals surface area contributed by atoms with Crippen molar-refractivity contribution in [2.75, 3.05) is 32.1 Å². The van der Waals surface area contributed by atoms with E-state index in [9.17, 15) is 8.42 Å². The molecule has 1 aliphatic heterocycles. The highest BCUT2D eigenvalue weighted by atomic mass is 32.2. The zero-order chi connectivity index (χ0) is 14.9. The molecular weight excluding hydrogens is 274 g/mol. The van der Waals surface area contributed by atoms with Crippen LogP contribution in [0.15, 0.2) is 29.2 Å². The van der Waals surface area contributed by atoms with Crippen LogP contribution < -0.4 is 10.2 Å². The molecule has 1 heterocycles. The molecule has 0 saturated carbocycles. The fraction of sp³-hybridized carbons (Fsp3) is 0.571. The minimum absolute atomic E-state index is 0.342. The van der Waals surface area contributed by atoms with Crippen molar-refractivity contribution in [1.82, 2.24) is 9.62 Å². The summed E-state index contributed by atoms with van der Waals surface area (Å²) in [6.07, 6.45) is 0. The van der Waals surface area contributed by atoms with E-state index in [1.54, 1.807) is 26.2 Å². The summed E-state index contributed by atoms with van der Waals surface area (Å²) in [5.74, 6) is 0. The maximum atomic E-state index is 12.4. The number of sulfonamides is 1. The monoisotopic (exact) mass is 297 g/mol. The number of nitrogens with zero attached hydrogens (tertiary/aromatic N) is 2. The van der Waals surface area contributed by atoms with Crippen molar-refractivity contribution in [3.05, 3.63) is 24.3 Å². The van der Waals surface area contributed by atoms with Gasteiger partial charge in [-0.3, -0.25) is 0 Å². The van der Waals surface area contributed by atoms with Crippen LogP contribution in [0.5, 0.6) is 0 Å². The fourth-order valence-corrected chi connectivity index (χ4v) is 3.76. The van der Waals surface area contributed by atoms with Gasteiger partial charge in [0.25, 0.3) is 0 Å². The topological polar surface area (TPSA) is 52.7 Å². The molecule has 0 spiro atoms. The van der Waals surface area contributed by atoms with Gasteiger partial charge in [0.1, 0.15) is 4.90 Å². The van der Waals surface area contributed by atoms with E-state index in [1.165, 1.54) is 4.31 Å². The SMILES string of the molecule is CC1CN(c2ccccc2S(=O)(=O)N(C)C)CC(C)N1. The maximum Gasteiger partial charge on any atom is 0.244 e. The Hall–Kier alpha value is -1.11. The number of hydrogen-bond acceptors (Lipinski definition) is 4. The molecule has 6 heteroatoms. The number of benzene rings is 1. The summed E-state index contributed by atoms with van der Waals surface area (Å²) in [5, 5.41) is 3.46. The van der Waals surface area contributed by atoms with E-state index < -0.39 is 10.0 Å². The van der Waals surface area contributed by atoms with E-state index in [0.29, 0.717) is 17.0 Å². The molecule has 0 aromatic heterocycles. The Balaban J connectivity index is 2.43. The van der Waals surface area contributed by atoms with Crippen molar-refractivity contribution >= 4 is 15.7 Å². The first-order valence-corrected chi connectivity index (χ1v) is 8.29. The first-order chi connectivity index (χ1) is 9.32. The van der Waals surface area contributed by atoms with Gasteiger partial charge < -0.3 is 10.2 Å². The molecule has 0 amide bonds. The lowest BCUT2D eigenvalue weighted by atomic mass is 10.1. The van der Waals surface area contributed by atoms with Gasteiger partial charge in [-0.15, -0.1) is 0 Å². The summed E-state index contributed by atoms with van der Waals surface area (Å²) in [5.41, 5.74) is 0.793. The summed E-state index contributed by atoms with van der Waals surface area (Å²) in [6.45, 7) is 5.85. The molecule has 20 heavy (non-hydrogen) atoms. The highest BCUT2D eigenvalue weighted by Crippen LogP contribution is 2.28. The van der Waals surface area contributed by atoms with Crippen molar-refractivity contribution in [2.45, 2.75) is 30.8 Å². The lowest BCUT2D eigenvalue weighted by Gasteiger charge is -2.38. The second-order valence-corrected chi connectivity index (χ2v) is 7.75. The number of piperazine rings is 1. The average molecular weight is 297 g/mol. The van der Waals surface area contributed by atoms with Gasteiger partial charge in [-0.05, 0) is 26.0 Å². The standard InChI is InChI=1S/C14H23N3O2S/c1-11-9-17(10-12(2)15-11)13-7-5-6-8-14(13)20(18,19)16(3)4/h5-8,11-12,15H,9-10H2,1-4H3. The van der Waals surface area contributed by atoms with Crippen LogP contribution in [0, 0.1) is 0 Å². The van der Waals surface area contributed by atoms with Gasteiger partial charge in [0.05, 0.1) is 5.69 Å². The lowest BCUT2D eigenvalue weighted by molar-refractivity contribution is 0.405. The second-order valence-electron chi connectivity index (χ2n) is 5.63. The fourth-order valence-electron chi connectivity index (χ4n) is 2.66. The molecule has 2 unspecified atom stereocenters. The Kier molecular flexibility index (Phi) is 4.36. The van der Waals surface area contributed by atoms with Gasteiger partial charge in [-0.1, -0.05) is 12.1 Å². The molecule has 1 saturated heterocycles. The highest BCUT2D eigenvalue weighted by molar-refractivity contribution is 7.89. The number of anilines is 1. The molecule has 0 aliphatic carbocycles. The van der Waals surface area contributed by atoms with E-state index in [-0.39, 0.29) is 0 Å². The van der Waals surface area contributed by atoms with Crippen LogP contribution in [0.2, 0.25) is 0 Å². The number of para-hydroxylation sites is 1. The number of hydrogen-bond donors (Lipinski definition) is 1.